The number of hydrogen-bond donors (Lipinski definition) is 3. The lowest BCUT2D eigenvalue weighted by Gasteiger charge is -2.37. The smallest absolute Gasteiger partial charge is 0.142 e. The molecule has 1 fully saturated rings. The highest BCUT2D eigenvalue weighted by molar-refractivity contribution is 7.19. The van der Waals surface area contributed by atoms with E-state index in [1.807, 2.05) is 13.2 Å². The average molecular weight is 563 g/mol. The van der Waals surface area contributed by atoms with E-state index < -0.39 is 6.23 Å². The second kappa shape index (κ2) is 11.6. The third kappa shape index (κ3) is 5.30. The lowest BCUT2D eigenvalue weighted by molar-refractivity contribution is -0.0293. The van der Waals surface area contributed by atoms with Gasteiger partial charge in [0.05, 0.1) is 28.5 Å². The minimum atomic E-state index is -0.408. The van der Waals surface area contributed by atoms with Crippen LogP contribution in [-0.2, 0) is 12.8 Å². The molecule has 3 N–H and O–H groups in total. The van der Waals surface area contributed by atoms with Crippen molar-refractivity contribution >= 4 is 49.6 Å². The van der Waals surface area contributed by atoms with E-state index in [1.54, 1.807) is 17.7 Å². The first-order valence-corrected chi connectivity index (χ1v) is 15.5. The molecule has 10 heteroatoms. The standard InChI is InChI=1S/C30H42N8OS/c1-5-6-11-37(4)30(39)19-7-8-22-26(15-19)40-29-27(22)28(31-18-32-29)34-24-14-20-17-33-35-23(20)16-25(24)38-12-9-21(10-13-38)36(2)3/h14,16-19,21,30,39H,5-13,15H2,1-4H3,(H,33,35)(H,31,32,34)/t19-,30?/m0/s1. The Morgan fingerprint density at radius 3 is 2.77 bits per heavy atom. The Balaban J connectivity index is 1.30. The summed E-state index contributed by atoms with van der Waals surface area (Å²) in [6, 6.07) is 5.04. The van der Waals surface area contributed by atoms with Crippen molar-refractivity contribution in [3.63, 3.8) is 0 Å². The predicted octanol–water partition coefficient (Wildman–Crippen LogP) is 5.00. The Labute approximate surface area is 240 Å². The van der Waals surface area contributed by atoms with Crippen LogP contribution in [0.3, 0.4) is 0 Å². The average Bonchev–Trinajstić information content (AvgIpc) is 3.59. The summed E-state index contributed by atoms with van der Waals surface area (Å²) in [5, 5.41) is 24.5. The van der Waals surface area contributed by atoms with E-state index in [-0.39, 0.29) is 5.92 Å². The van der Waals surface area contributed by atoms with Crippen LogP contribution >= 0.6 is 11.3 Å². The Bertz CT molecular complexity index is 1460. The molecule has 6 rings (SSSR count). The molecule has 4 aromatic rings. The molecular weight excluding hydrogens is 520 g/mol. The number of aliphatic hydroxyl groups excluding tert-OH is 1. The SMILES string of the molecule is CCCCN(C)C(O)[C@H]1CCc2c(sc3ncnc(Nc4cc5cn[nH]c5cc4N4CCC(N(C)C)CC4)c23)C1. The molecule has 1 aromatic carbocycles. The number of hydrogen-bond acceptors (Lipinski definition) is 9. The van der Waals surface area contributed by atoms with Crippen LogP contribution in [0.1, 0.15) is 49.5 Å². The number of unbranched alkanes of at least 4 members (excludes halogenated alkanes) is 1. The molecule has 1 unspecified atom stereocenters. The van der Waals surface area contributed by atoms with Gasteiger partial charge in [-0.2, -0.15) is 5.10 Å². The molecular formula is C30H42N8OS. The maximum Gasteiger partial charge on any atom is 0.142 e. The number of aliphatic hydroxyl groups is 1. The number of anilines is 3. The number of aromatic nitrogens is 4. The summed E-state index contributed by atoms with van der Waals surface area (Å²) in [4.78, 5) is 18.8. The van der Waals surface area contributed by atoms with Crippen LogP contribution in [-0.4, -0.2) is 88.1 Å². The van der Waals surface area contributed by atoms with E-state index in [0.717, 1.165) is 97.2 Å². The zero-order valence-electron chi connectivity index (χ0n) is 24.2. The third-order valence-corrected chi connectivity index (χ3v) is 10.1. The van der Waals surface area contributed by atoms with E-state index in [2.05, 4.69) is 68.3 Å². The molecule has 2 aliphatic rings. The minimum Gasteiger partial charge on any atom is -0.378 e. The van der Waals surface area contributed by atoms with E-state index in [9.17, 15) is 5.11 Å². The van der Waals surface area contributed by atoms with E-state index in [1.165, 1.54) is 16.1 Å². The van der Waals surface area contributed by atoms with Gasteiger partial charge in [-0.1, -0.05) is 13.3 Å². The quantitative estimate of drug-likeness (QED) is 0.246. The van der Waals surface area contributed by atoms with Crippen molar-refractivity contribution in [3.8, 4) is 0 Å². The van der Waals surface area contributed by atoms with Gasteiger partial charge in [0.2, 0.25) is 0 Å². The minimum absolute atomic E-state index is 0.243. The van der Waals surface area contributed by atoms with Gasteiger partial charge in [0, 0.05) is 41.9 Å². The fraction of sp³-hybridized carbons (Fsp3) is 0.567. The van der Waals surface area contributed by atoms with Crippen LogP contribution < -0.4 is 10.2 Å². The fourth-order valence-corrected chi connectivity index (χ4v) is 7.76. The Hall–Kier alpha value is -2.79. The largest absolute Gasteiger partial charge is 0.378 e. The number of thiophene rings is 1. The molecule has 3 aromatic heterocycles. The Morgan fingerprint density at radius 1 is 1.18 bits per heavy atom. The second-order valence-corrected chi connectivity index (χ2v) is 12.9. The van der Waals surface area contributed by atoms with Crippen LogP contribution in [0.4, 0.5) is 17.2 Å². The van der Waals surface area contributed by atoms with Gasteiger partial charge in [0.15, 0.2) is 0 Å². The molecule has 9 nitrogen and oxygen atoms in total. The summed E-state index contributed by atoms with van der Waals surface area (Å²) in [5.74, 6) is 1.11. The first kappa shape index (κ1) is 27.4. The number of benzene rings is 1. The zero-order chi connectivity index (χ0) is 27.8. The van der Waals surface area contributed by atoms with Crippen LogP contribution in [0.15, 0.2) is 24.7 Å². The van der Waals surface area contributed by atoms with Crippen molar-refractivity contribution in [2.75, 3.05) is 51.0 Å². The zero-order valence-corrected chi connectivity index (χ0v) is 25.0. The molecule has 0 amide bonds. The molecule has 1 aliphatic carbocycles. The number of H-pyrrole nitrogens is 1. The Kier molecular flexibility index (Phi) is 7.94. The predicted molar refractivity (Wildman–Crippen MR) is 165 cm³/mol. The number of nitrogens with zero attached hydrogens (tertiary/aromatic N) is 6. The van der Waals surface area contributed by atoms with E-state index >= 15 is 0 Å². The molecule has 1 saturated heterocycles. The summed E-state index contributed by atoms with van der Waals surface area (Å²) in [5.41, 5.74) is 4.63. The van der Waals surface area contributed by atoms with Crippen LogP contribution in [0, 0.1) is 5.92 Å². The highest BCUT2D eigenvalue weighted by Crippen LogP contribution is 2.42. The number of rotatable bonds is 9. The summed E-state index contributed by atoms with van der Waals surface area (Å²) < 4.78 is 0. The fourth-order valence-electron chi connectivity index (χ4n) is 6.48. The van der Waals surface area contributed by atoms with Crippen molar-refractivity contribution in [2.24, 2.45) is 5.92 Å². The van der Waals surface area contributed by atoms with Gasteiger partial charge in [-0.15, -0.1) is 11.3 Å². The van der Waals surface area contributed by atoms with Crippen LogP contribution in [0.2, 0.25) is 0 Å². The maximum absolute atomic E-state index is 11.1. The van der Waals surface area contributed by atoms with Gasteiger partial charge >= 0.3 is 0 Å². The van der Waals surface area contributed by atoms with Crippen molar-refractivity contribution in [3.05, 3.63) is 35.1 Å². The van der Waals surface area contributed by atoms with E-state index in [4.69, 9.17) is 4.98 Å². The molecule has 214 valence electrons. The van der Waals surface area contributed by atoms with Gasteiger partial charge < -0.3 is 20.2 Å². The first-order valence-electron chi connectivity index (χ1n) is 14.7. The summed E-state index contributed by atoms with van der Waals surface area (Å²) in [6.07, 6.45) is 10.5. The molecule has 1 aliphatic heterocycles. The number of fused-ring (bicyclic) bond motifs is 4. The maximum atomic E-state index is 11.1. The highest BCUT2D eigenvalue weighted by Gasteiger charge is 2.31. The number of nitrogens with one attached hydrogen (secondary N) is 2. The molecule has 0 spiro atoms. The Morgan fingerprint density at radius 2 is 2.00 bits per heavy atom. The molecule has 0 saturated carbocycles. The number of aromatic amines is 1. The summed E-state index contributed by atoms with van der Waals surface area (Å²) >= 11 is 1.76. The monoisotopic (exact) mass is 562 g/mol. The summed E-state index contributed by atoms with van der Waals surface area (Å²) in [7, 11) is 6.41. The lowest BCUT2D eigenvalue weighted by atomic mass is 9.86. The van der Waals surface area contributed by atoms with Gasteiger partial charge in [0.25, 0.3) is 0 Å². The topological polar surface area (TPSA) is 96.4 Å². The summed E-state index contributed by atoms with van der Waals surface area (Å²) in [6.45, 7) is 5.16. The van der Waals surface area contributed by atoms with Crippen LogP contribution in [0.25, 0.3) is 21.1 Å². The van der Waals surface area contributed by atoms with E-state index in [0.29, 0.717) is 6.04 Å². The van der Waals surface area contributed by atoms with Gasteiger partial charge in [-0.3, -0.25) is 10.00 Å². The second-order valence-electron chi connectivity index (χ2n) is 11.8. The van der Waals surface area contributed by atoms with Gasteiger partial charge in [-0.05, 0) is 77.4 Å². The molecule has 0 radical (unpaired) electrons. The molecule has 40 heavy (non-hydrogen) atoms. The number of aryl methyl sites for hydroxylation is 1. The normalized spacial score (nSPS) is 19.2. The molecule has 0 bridgehead atoms. The van der Waals surface area contributed by atoms with Crippen molar-refractivity contribution in [2.45, 2.75) is 64.1 Å². The van der Waals surface area contributed by atoms with Gasteiger partial charge in [0.1, 0.15) is 23.2 Å². The van der Waals surface area contributed by atoms with Crippen molar-refractivity contribution in [1.82, 2.24) is 30.0 Å². The van der Waals surface area contributed by atoms with Crippen molar-refractivity contribution < 1.29 is 5.11 Å². The number of piperidine rings is 1. The molecule has 2 atom stereocenters. The van der Waals surface area contributed by atoms with Gasteiger partial charge in [-0.25, -0.2) is 9.97 Å². The first-order chi connectivity index (χ1) is 19.4. The van der Waals surface area contributed by atoms with Crippen molar-refractivity contribution in [1.29, 1.82) is 0 Å². The molecule has 4 heterocycles. The lowest BCUT2D eigenvalue weighted by Crippen LogP contribution is -2.42. The highest BCUT2D eigenvalue weighted by atomic mass is 32.1. The third-order valence-electron chi connectivity index (χ3n) is 8.97. The van der Waals surface area contributed by atoms with Crippen LogP contribution in [0.5, 0.6) is 0 Å².